The van der Waals surface area contributed by atoms with Crippen molar-refractivity contribution in [2.45, 2.75) is 46.3 Å². The van der Waals surface area contributed by atoms with Crippen LogP contribution < -0.4 is 69.1 Å². The molecule has 0 aliphatic carbocycles. The molecule has 6 aromatic heterocycles. The number of aromatic nitrogens is 8. The SMILES string of the molecule is Brc1ccc2nncn2c1.C.CC1(C)OB(c2cccnc2Cl)OC1(C)C.Clc1ncccc1-c1ccc2nncn2c1.[Pd].c1ccc(P(c2ccccc2)c2ccccc2)cc1.c1ccc(P(c2ccccc2)c2ccccc2)cc1.c1ccc(P(c2ccccc2)c2ccccc2)cc1.c1ccc(P(c2ccccc2)c2ccccc2)cc1. The van der Waals surface area contributed by atoms with Gasteiger partial charge in [-0.2, -0.15) is 0 Å². The van der Waals surface area contributed by atoms with Gasteiger partial charge in [-0.3, -0.25) is 8.80 Å². The maximum atomic E-state index is 6.03. The van der Waals surface area contributed by atoms with Crippen LogP contribution in [0.15, 0.2) is 454 Å². The molecule has 12 aromatic carbocycles. The Morgan fingerprint density at radius 3 is 0.800 bits per heavy atom. The van der Waals surface area contributed by atoms with Crippen LogP contribution in [0.25, 0.3) is 22.4 Å². The summed E-state index contributed by atoms with van der Waals surface area (Å²) in [6.45, 7) is 8.04. The van der Waals surface area contributed by atoms with Crippen molar-refractivity contribution in [2.75, 3.05) is 0 Å². The monoisotopic (exact) mass is 1840 g/mol. The Balaban J connectivity index is 0.000000137. The maximum absolute atomic E-state index is 6.03. The van der Waals surface area contributed by atoms with E-state index in [4.69, 9.17) is 32.5 Å². The summed E-state index contributed by atoms with van der Waals surface area (Å²) in [4.78, 5) is 8.07. The Bertz CT molecular complexity index is 5110. The molecular weight excluding hydrogens is 1750 g/mol. The Kier molecular flexibility index (Phi) is 35.0. The maximum Gasteiger partial charge on any atom is 0.498 e. The van der Waals surface area contributed by atoms with Crippen molar-refractivity contribution in [3.05, 3.63) is 465 Å². The number of nitrogens with zero attached hydrogens (tertiary/aromatic N) is 8. The summed E-state index contributed by atoms with van der Waals surface area (Å²) in [5, 5.41) is 33.1. The molecule has 19 heteroatoms. The first-order valence-electron chi connectivity index (χ1n) is 38.5. The number of pyridine rings is 4. The summed E-state index contributed by atoms with van der Waals surface area (Å²) in [5.74, 6) is 0. The predicted molar refractivity (Wildman–Crippen MR) is 514 cm³/mol. The van der Waals surface area contributed by atoms with Gasteiger partial charge in [-0.15, -0.1) is 20.4 Å². The zero-order chi connectivity index (χ0) is 81.6. The number of hydrogen-bond acceptors (Lipinski definition) is 8. The Labute approximate surface area is 743 Å². The third-order valence-electron chi connectivity index (χ3n) is 19.1. The first-order valence-corrected chi connectivity index (χ1v) is 45.4. The molecule has 0 N–H and O–H groups in total. The molecule has 0 bridgehead atoms. The molecule has 1 saturated heterocycles. The van der Waals surface area contributed by atoms with Crippen LogP contribution in [0.5, 0.6) is 0 Å². The van der Waals surface area contributed by atoms with E-state index in [9.17, 15) is 0 Å². The molecule has 19 rings (SSSR count). The van der Waals surface area contributed by atoms with Gasteiger partial charge in [0.15, 0.2) is 11.3 Å². The summed E-state index contributed by atoms with van der Waals surface area (Å²) in [7, 11) is -2.22. The van der Waals surface area contributed by atoms with Crippen molar-refractivity contribution in [1.29, 1.82) is 0 Å². The van der Waals surface area contributed by atoms with Crippen molar-refractivity contribution in [3.63, 3.8) is 0 Å². The largest absolute Gasteiger partial charge is 0.498 e. The van der Waals surface area contributed by atoms with Crippen molar-refractivity contribution in [3.8, 4) is 11.1 Å². The Morgan fingerprint density at radius 1 is 0.300 bits per heavy atom. The minimum atomic E-state index is -0.446. The third kappa shape index (κ3) is 25.1. The molecule has 10 nitrogen and oxygen atoms in total. The molecule has 0 radical (unpaired) electrons. The zero-order valence-corrected chi connectivity index (χ0v) is 74.2. The van der Waals surface area contributed by atoms with E-state index in [2.05, 4.69) is 410 Å². The fourth-order valence-electron chi connectivity index (χ4n) is 12.6. The molecule has 18 aromatic rings. The number of halogens is 3. The molecule has 1 aliphatic heterocycles. The van der Waals surface area contributed by atoms with Crippen LogP contribution >= 0.6 is 70.8 Å². The van der Waals surface area contributed by atoms with E-state index in [1.165, 1.54) is 63.7 Å². The number of benzene rings is 12. The second-order valence-corrected chi connectivity index (χ2v) is 38.2. The fraction of sp³-hybridized carbons (Fsp3) is 0.0693. The molecule has 1 fully saturated rings. The smallest absolute Gasteiger partial charge is 0.399 e. The molecule has 1 aliphatic rings. The zero-order valence-electron chi connectivity index (χ0n) is 65.9. The average molecular weight is 1840 g/mol. The quantitative estimate of drug-likeness (QED) is 0.0602. The molecule has 7 heterocycles. The first-order chi connectivity index (χ1) is 57.8. The summed E-state index contributed by atoms with van der Waals surface area (Å²) in [6.07, 6.45) is 10.5. The minimum absolute atomic E-state index is 0. The second kappa shape index (κ2) is 46.4. The normalized spacial score (nSPS) is 12.0. The molecule has 120 heavy (non-hydrogen) atoms. The van der Waals surface area contributed by atoms with Gasteiger partial charge in [-0.25, -0.2) is 9.97 Å². The molecule has 0 saturated carbocycles. The summed E-state index contributed by atoms with van der Waals surface area (Å²) in [5.41, 5.74) is 3.65. The van der Waals surface area contributed by atoms with Gasteiger partial charge in [0.2, 0.25) is 0 Å². The minimum Gasteiger partial charge on any atom is -0.399 e. The fourth-order valence-corrected chi connectivity index (χ4v) is 22.7. The summed E-state index contributed by atoms with van der Waals surface area (Å²) >= 11 is 15.4. The van der Waals surface area contributed by atoms with Crippen LogP contribution in [0.1, 0.15) is 35.1 Å². The van der Waals surface area contributed by atoms with E-state index in [1.54, 1.807) is 25.0 Å². The summed E-state index contributed by atoms with van der Waals surface area (Å²) in [6, 6.07) is 144. The molecular formula is C101H90BBrCl2N8O2P4Pd. The topological polar surface area (TPSA) is 105 Å². The van der Waals surface area contributed by atoms with E-state index in [-0.39, 0.29) is 39.1 Å². The number of hydrogen-bond donors (Lipinski definition) is 0. The van der Waals surface area contributed by atoms with Crippen LogP contribution in [-0.2, 0) is 29.7 Å². The average Bonchev–Trinajstić information content (AvgIpc) is 1.62. The molecule has 0 atom stereocenters. The van der Waals surface area contributed by atoms with Gasteiger partial charge in [-0.1, -0.05) is 401 Å². The Hall–Kier alpha value is -10.4. The van der Waals surface area contributed by atoms with Crippen LogP contribution in [0.3, 0.4) is 0 Å². The molecule has 0 amide bonds. The number of fused-ring (bicyclic) bond motifs is 2. The van der Waals surface area contributed by atoms with Gasteiger partial charge in [0, 0.05) is 66.3 Å². The number of rotatable bonds is 14. The van der Waals surface area contributed by atoms with Gasteiger partial charge < -0.3 is 9.31 Å². The van der Waals surface area contributed by atoms with Gasteiger partial charge in [-0.05, 0) is 181 Å². The van der Waals surface area contributed by atoms with Crippen molar-refractivity contribution in [2.24, 2.45) is 0 Å². The van der Waals surface area contributed by atoms with Crippen molar-refractivity contribution in [1.82, 2.24) is 39.2 Å². The van der Waals surface area contributed by atoms with Crippen molar-refractivity contribution < 1.29 is 29.7 Å². The Morgan fingerprint density at radius 2 is 0.542 bits per heavy atom. The summed E-state index contributed by atoms with van der Waals surface area (Å²) < 4.78 is 16.5. The standard InChI is InChI=1S/4C18H15P.C11H15BClNO2.C11H7ClN4.C6H4BrN3.CH4.Pd/c4*1-4-10-16(11-5-1)19(17-12-6-2-7-13-17)18-14-8-3-9-15-18;1-10(2)11(3,4)16-12(15-10)8-6-5-7-14-9(8)13;12-11-9(2-1-5-13-11)8-3-4-10-15-14-7-16(10)6-8;7-5-1-2-6-9-8-4-10(6)3-5;;/h4*1-15H;5-7H,1-4H3;1-7H;1-4H;1H4;. The molecule has 0 spiro atoms. The molecule has 0 unspecified atom stereocenters. The van der Waals surface area contributed by atoms with E-state index in [0.29, 0.717) is 10.3 Å². The van der Waals surface area contributed by atoms with Crippen LogP contribution in [0.4, 0.5) is 0 Å². The predicted octanol–water partition coefficient (Wildman–Crippen LogP) is 20.4. The van der Waals surface area contributed by atoms with E-state index < -0.39 is 38.8 Å². The van der Waals surface area contributed by atoms with Gasteiger partial charge in [0.05, 0.1) is 11.2 Å². The van der Waals surface area contributed by atoms with Crippen LogP contribution in [0.2, 0.25) is 10.3 Å². The van der Waals surface area contributed by atoms with Gasteiger partial charge in [0.1, 0.15) is 23.0 Å². The first kappa shape index (κ1) is 90.4. The third-order valence-corrected chi connectivity index (χ3v) is 29.9. The van der Waals surface area contributed by atoms with Crippen LogP contribution in [0, 0.1) is 0 Å². The van der Waals surface area contributed by atoms with E-state index >= 15 is 0 Å². The second-order valence-electron chi connectivity index (χ2n) is 27.6. The van der Waals surface area contributed by atoms with Gasteiger partial charge in [0.25, 0.3) is 0 Å². The van der Waals surface area contributed by atoms with Crippen molar-refractivity contribution >= 4 is 158 Å². The van der Waals surface area contributed by atoms with E-state index in [1.807, 2.05) is 97.4 Å². The van der Waals surface area contributed by atoms with Gasteiger partial charge >= 0.3 is 7.12 Å². The van der Waals surface area contributed by atoms with E-state index in [0.717, 1.165) is 32.4 Å². The molecule has 600 valence electrons. The van der Waals surface area contributed by atoms with Crippen LogP contribution in [-0.4, -0.2) is 57.5 Å².